The number of aryl methyl sites for hydroxylation is 1. The summed E-state index contributed by atoms with van der Waals surface area (Å²) in [7, 11) is 0. The number of aromatic nitrogens is 2. The maximum absolute atomic E-state index is 12.1. The summed E-state index contributed by atoms with van der Waals surface area (Å²) >= 11 is 0. The molecule has 1 amide bonds. The molecule has 1 atom stereocenters. The fraction of sp³-hybridized carbons (Fsp3) is 0.688. The summed E-state index contributed by atoms with van der Waals surface area (Å²) in [6, 6.07) is 0. The molecule has 0 aliphatic carbocycles. The fourth-order valence-corrected chi connectivity index (χ4v) is 2.55. The van der Waals surface area contributed by atoms with Crippen molar-refractivity contribution in [3.05, 3.63) is 18.1 Å². The molecule has 0 radical (unpaired) electrons. The molecular weight excluding hydrogens is 280 g/mol. The molecule has 0 bridgehead atoms. The summed E-state index contributed by atoms with van der Waals surface area (Å²) in [5.74, 6) is 1.22. The van der Waals surface area contributed by atoms with Crippen LogP contribution >= 0.6 is 0 Å². The molecule has 1 aliphatic rings. The van der Waals surface area contributed by atoms with E-state index in [1.807, 2.05) is 32.6 Å². The highest BCUT2D eigenvalue weighted by atomic mass is 16.6. The van der Waals surface area contributed by atoms with E-state index in [1.165, 1.54) is 0 Å². The number of anilines is 1. The van der Waals surface area contributed by atoms with Crippen molar-refractivity contribution in [2.45, 2.75) is 46.1 Å². The molecule has 1 N–H and O–H groups in total. The standard InChI is InChI=1S/C16H26N4O2/c1-12-14(18-8-7-17-12)19-10-13-6-5-9-20(11-13)15(21)22-16(2,3)4/h7-8,13H,5-6,9-11H2,1-4H3,(H,18,19). The molecule has 1 aromatic rings. The maximum atomic E-state index is 12.1. The lowest BCUT2D eigenvalue weighted by molar-refractivity contribution is 0.0172. The third kappa shape index (κ3) is 4.86. The Morgan fingerprint density at radius 1 is 1.41 bits per heavy atom. The average Bonchev–Trinajstić information content (AvgIpc) is 2.45. The van der Waals surface area contributed by atoms with Crippen LogP contribution < -0.4 is 5.32 Å². The van der Waals surface area contributed by atoms with Gasteiger partial charge in [0.15, 0.2) is 0 Å². The van der Waals surface area contributed by atoms with E-state index in [1.54, 1.807) is 12.4 Å². The Morgan fingerprint density at radius 2 is 2.14 bits per heavy atom. The predicted octanol–water partition coefficient (Wildman–Crippen LogP) is 2.84. The van der Waals surface area contributed by atoms with Crippen molar-refractivity contribution in [1.82, 2.24) is 14.9 Å². The molecule has 0 saturated carbocycles. The van der Waals surface area contributed by atoms with Crippen molar-refractivity contribution < 1.29 is 9.53 Å². The molecule has 2 heterocycles. The summed E-state index contributed by atoms with van der Waals surface area (Å²) in [4.78, 5) is 22.5. The Kier molecular flexibility index (Phi) is 5.21. The molecule has 1 unspecified atom stereocenters. The zero-order valence-electron chi connectivity index (χ0n) is 13.9. The largest absolute Gasteiger partial charge is 0.444 e. The average molecular weight is 306 g/mol. The van der Waals surface area contributed by atoms with Gasteiger partial charge in [-0.05, 0) is 46.5 Å². The molecular formula is C16H26N4O2. The second kappa shape index (κ2) is 6.94. The highest BCUT2D eigenvalue weighted by Gasteiger charge is 2.27. The van der Waals surface area contributed by atoms with Gasteiger partial charge in [-0.15, -0.1) is 0 Å². The number of piperidine rings is 1. The number of nitrogens with zero attached hydrogens (tertiary/aromatic N) is 3. The van der Waals surface area contributed by atoms with Crippen LogP contribution in [0.25, 0.3) is 0 Å². The number of ether oxygens (including phenoxy) is 1. The Morgan fingerprint density at radius 3 is 2.82 bits per heavy atom. The van der Waals surface area contributed by atoms with Gasteiger partial charge in [0.25, 0.3) is 0 Å². The third-order valence-electron chi connectivity index (χ3n) is 3.61. The van der Waals surface area contributed by atoms with Crippen LogP contribution in [0.4, 0.5) is 10.6 Å². The van der Waals surface area contributed by atoms with Gasteiger partial charge in [-0.1, -0.05) is 0 Å². The number of carbonyl (C=O) groups excluding carboxylic acids is 1. The van der Waals surface area contributed by atoms with Gasteiger partial charge in [0, 0.05) is 32.0 Å². The summed E-state index contributed by atoms with van der Waals surface area (Å²) in [5.41, 5.74) is 0.446. The summed E-state index contributed by atoms with van der Waals surface area (Å²) in [6.07, 6.45) is 5.26. The lowest BCUT2D eigenvalue weighted by Crippen LogP contribution is -2.44. The minimum Gasteiger partial charge on any atom is -0.444 e. The van der Waals surface area contributed by atoms with Crippen LogP contribution in [0.15, 0.2) is 12.4 Å². The Hall–Kier alpha value is -1.85. The van der Waals surface area contributed by atoms with Crippen LogP contribution in [-0.4, -0.2) is 46.2 Å². The molecule has 1 fully saturated rings. The van der Waals surface area contributed by atoms with E-state index in [0.717, 1.165) is 44.0 Å². The van der Waals surface area contributed by atoms with Gasteiger partial charge in [-0.2, -0.15) is 0 Å². The van der Waals surface area contributed by atoms with Crippen molar-refractivity contribution in [3.8, 4) is 0 Å². The first-order valence-corrected chi connectivity index (χ1v) is 7.84. The van der Waals surface area contributed by atoms with Gasteiger partial charge in [0.2, 0.25) is 0 Å². The Bertz CT molecular complexity index is 513. The van der Waals surface area contributed by atoms with Crippen LogP contribution in [0.2, 0.25) is 0 Å². The fourth-order valence-electron chi connectivity index (χ4n) is 2.55. The van der Waals surface area contributed by atoms with Crippen LogP contribution in [0.5, 0.6) is 0 Å². The number of carbonyl (C=O) groups is 1. The van der Waals surface area contributed by atoms with E-state index in [4.69, 9.17) is 4.74 Å². The summed E-state index contributed by atoms with van der Waals surface area (Å²) < 4.78 is 5.45. The van der Waals surface area contributed by atoms with E-state index in [9.17, 15) is 4.79 Å². The SMILES string of the molecule is Cc1nccnc1NCC1CCCN(C(=O)OC(C)(C)C)C1. The summed E-state index contributed by atoms with van der Waals surface area (Å²) in [6.45, 7) is 9.90. The van der Waals surface area contributed by atoms with E-state index in [2.05, 4.69) is 15.3 Å². The first-order valence-electron chi connectivity index (χ1n) is 7.84. The minimum atomic E-state index is -0.445. The van der Waals surface area contributed by atoms with Gasteiger partial charge in [-0.25, -0.2) is 9.78 Å². The predicted molar refractivity (Wildman–Crippen MR) is 85.8 cm³/mol. The van der Waals surface area contributed by atoms with Crippen molar-refractivity contribution in [3.63, 3.8) is 0 Å². The zero-order valence-corrected chi connectivity index (χ0v) is 13.9. The lowest BCUT2D eigenvalue weighted by atomic mass is 9.98. The van der Waals surface area contributed by atoms with Crippen molar-refractivity contribution in [2.75, 3.05) is 25.0 Å². The molecule has 1 aliphatic heterocycles. The zero-order chi connectivity index (χ0) is 16.2. The van der Waals surface area contributed by atoms with E-state index < -0.39 is 5.60 Å². The highest BCUT2D eigenvalue weighted by Crippen LogP contribution is 2.20. The number of hydrogen-bond donors (Lipinski definition) is 1. The minimum absolute atomic E-state index is 0.215. The maximum Gasteiger partial charge on any atom is 0.410 e. The van der Waals surface area contributed by atoms with E-state index in [-0.39, 0.29) is 6.09 Å². The number of likely N-dealkylation sites (tertiary alicyclic amines) is 1. The van der Waals surface area contributed by atoms with Crippen molar-refractivity contribution >= 4 is 11.9 Å². The van der Waals surface area contributed by atoms with Gasteiger partial charge in [0.1, 0.15) is 11.4 Å². The van der Waals surface area contributed by atoms with Crippen LogP contribution in [0, 0.1) is 12.8 Å². The topological polar surface area (TPSA) is 67.4 Å². The molecule has 6 nitrogen and oxygen atoms in total. The molecule has 6 heteroatoms. The summed E-state index contributed by atoms with van der Waals surface area (Å²) in [5, 5.41) is 3.34. The molecule has 1 aromatic heterocycles. The smallest absolute Gasteiger partial charge is 0.410 e. The normalized spacial score (nSPS) is 18.9. The molecule has 1 saturated heterocycles. The highest BCUT2D eigenvalue weighted by molar-refractivity contribution is 5.68. The van der Waals surface area contributed by atoms with Crippen LogP contribution in [0.1, 0.15) is 39.3 Å². The first-order chi connectivity index (χ1) is 10.3. The van der Waals surface area contributed by atoms with Crippen LogP contribution in [0.3, 0.4) is 0 Å². The number of hydrogen-bond acceptors (Lipinski definition) is 5. The Labute approximate surface area is 132 Å². The number of rotatable bonds is 3. The molecule has 2 rings (SSSR count). The van der Waals surface area contributed by atoms with Gasteiger partial charge < -0.3 is 15.0 Å². The molecule has 0 aromatic carbocycles. The van der Waals surface area contributed by atoms with Gasteiger partial charge in [0.05, 0.1) is 5.69 Å². The van der Waals surface area contributed by atoms with Gasteiger partial charge >= 0.3 is 6.09 Å². The third-order valence-corrected chi connectivity index (χ3v) is 3.61. The lowest BCUT2D eigenvalue weighted by Gasteiger charge is -2.34. The second-order valence-corrected chi connectivity index (χ2v) is 6.81. The first kappa shape index (κ1) is 16.5. The number of amides is 1. The van der Waals surface area contributed by atoms with Gasteiger partial charge in [-0.3, -0.25) is 4.98 Å². The second-order valence-electron chi connectivity index (χ2n) is 6.81. The molecule has 122 valence electrons. The Balaban J connectivity index is 1.86. The van der Waals surface area contributed by atoms with E-state index in [0.29, 0.717) is 5.92 Å². The quantitative estimate of drug-likeness (QED) is 0.930. The van der Waals surface area contributed by atoms with Crippen molar-refractivity contribution in [2.24, 2.45) is 5.92 Å². The monoisotopic (exact) mass is 306 g/mol. The molecule has 22 heavy (non-hydrogen) atoms. The molecule has 0 spiro atoms. The van der Waals surface area contributed by atoms with E-state index >= 15 is 0 Å². The van der Waals surface area contributed by atoms with Crippen LogP contribution in [-0.2, 0) is 4.74 Å². The number of nitrogens with one attached hydrogen (secondary N) is 1. The van der Waals surface area contributed by atoms with Crippen molar-refractivity contribution in [1.29, 1.82) is 0 Å².